The summed E-state index contributed by atoms with van der Waals surface area (Å²) < 4.78 is 14.3. The van der Waals surface area contributed by atoms with Gasteiger partial charge in [0.05, 0.1) is 6.04 Å². The van der Waals surface area contributed by atoms with Crippen molar-refractivity contribution < 1.29 is 14.0 Å². The summed E-state index contributed by atoms with van der Waals surface area (Å²) in [5, 5.41) is 2.95. The number of benzene rings is 1. The first-order valence-corrected chi connectivity index (χ1v) is 9.35. The lowest BCUT2D eigenvalue weighted by Gasteiger charge is -2.34. The van der Waals surface area contributed by atoms with Gasteiger partial charge in [-0.15, -0.1) is 0 Å². The number of hydrogen-bond acceptors (Lipinski definition) is 4. The Morgan fingerprint density at radius 3 is 2.76 bits per heavy atom. The van der Waals surface area contributed by atoms with E-state index < -0.39 is 23.2 Å². The van der Waals surface area contributed by atoms with Crippen molar-refractivity contribution in [2.75, 3.05) is 11.9 Å². The summed E-state index contributed by atoms with van der Waals surface area (Å²) in [4.78, 5) is 36.2. The Balaban J connectivity index is 1.68. The van der Waals surface area contributed by atoms with Crippen LogP contribution in [0.5, 0.6) is 0 Å². The van der Waals surface area contributed by atoms with E-state index in [1.54, 1.807) is 23.4 Å². The van der Waals surface area contributed by atoms with Gasteiger partial charge in [0.2, 0.25) is 5.91 Å². The highest BCUT2D eigenvalue weighted by molar-refractivity contribution is 6.08. The SMILES string of the molecule is O=C(c1ncccc1F)N1CCC2(C(=O)Nc3ccccc32)C1c1cccnc1. The molecule has 2 atom stereocenters. The number of halogens is 1. The number of pyridine rings is 2. The van der Waals surface area contributed by atoms with Crippen LogP contribution in [0.3, 0.4) is 0 Å². The van der Waals surface area contributed by atoms with Crippen molar-refractivity contribution in [1.29, 1.82) is 0 Å². The largest absolute Gasteiger partial charge is 0.329 e. The number of amides is 2. The standard InChI is InChI=1S/C22H17FN4O2/c23-16-7-4-11-25-18(16)20(28)27-12-9-22(19(27)14-5-3-10-24-13-14)15-6-1-2-8-17(15)26-21(22)29/h1-8,10-11,13,19H,9,12H2,(H,26,29). The monoisotopic (exact) mass is 388 g/mol. The number of hydrogen-bond donors (Lipinski definition) is 1. The third-order valence-corrected chi connectivity index (χ3v) is 5.81. The van der Waals surface area contributed by atoms with Crippen molar-refractivity contribution in [3.05, 3.63) is 89.8 Å². The summed E-state index contributed by atoms with van der Waals surface area (Å²) in [7, 11) is 0. The van der Waals surface area contributed by atoms with Gasteiger partial charge in [-0.25, -0.2) is 9.37 Å². The van der Waals surface area contributed by atoms with Gasteiger partial charge in [0, 0.05) is 30.8 Å². The Bertz CT molecular complexity index is 1120. The maximum Gasteiger partial charge on any atom is 0.276 e. The number of carbonyl (C=O) groups is 2. The Kier molecular flexibility index (Phi) is 3.91. The molecule has 0 bridgehead atoms. The molecule has 2 unspecified atom stereocenters. The van der Waals surface area contributed by atoms with Gasteiger partial charge >= 0.3 is 0 Å². The van der Waals surface area contributed by atoms with E-state index in [-0.39, 0.29) is 11.6 Å². The van der Waals surface area contributed by atoms with E-state index in [1.165, 1.54) is 18.3 Å². The fourth-order valence-electron chi connectivity index (χ4n) is 4.59. The molecule has 0 radical (unpaired) electrons. The number of fused-ring (bicyclic) bond motifs is 2. The van der Waals surface area contributed by atoms with Gasteiger partial charge in [0.1, 0.15) is 5.41 Å². The molecule has 1 fully saturated rings. The van der Waals surface area contributed by atoms with Crippen molar-refractivity contribution in [3.8, 4) is 0 Å². The van der Waals surface area contributed by atoms with Gasteiger partial charge in [-0.1, -0.05) is 24.3 Å². The lowest BCUT2D eigenvalue weighted by molar-refractivity contribution is -0.121. The molecule has 1 saturated heterocycles. The predicted molar refractivity (Wildman–Crippen MR) is 104 cm³/mol. The van der Waals surface area contributed by atoms with Crippen LogP contribution in [0.1, 0.15) is 34.1 Å². The van der Waals surface area contributed by atoms with E-state index in [0.29, 0.717) is 13.0 Å². The third-order valence-electron chi connectivity index (χ3n) is 5.81. The van der Waals surface area contributed by atoms with Gasteiger partial charge < -0.3 is 10.2 Å². The number of nitrogens with one attached hydrogen (secondary N) is 1. The van der Waals surface area contributed by atoms with Crippen LogP contribution < -0.4 is 5.32 Å². The van der Waals surface area contributed by atoms with Crippen LogP contribution in [0.15, 0.2) is 67.1 Å². The molecule has 2 amide bonds. The number of para-hydroxylation sites is 1. The molecule has 1 aromatic carbocycles. The fraction of sp³-hybridized carbons (Fsp3) is 0.182. The zero-order valence-corrected chi connectivity index (χ0v) is 15.4. The average molecular weight is 388 g/mol. The highest BCUT2D eigenvalue weighted by atomic mass is 19.1. The first-order chi connectivity index (χ1) is 14.1. The van der Waals surface area contributed by atoms with Crippen molar-refractivity contribution in [2.45, 2.75) is 17.9 Å². The molecule has 2 aromatic heterocycles. The van der Waals surface area contributed by atoms with Gasteiger partial charge in [-0.05, 0) is 41.8 Å². The minimum absolute atomic E-state index is 0.163. The molecule has 2 aliphatic heterocycles. The van der Waals surface area contributed by atoms with Crippen molar-refractivity contribution in [2.24, 2.45) is 0 Å². The topological polar surface area (TPSA) is 75.2 Å². The highest BCUT2D eigenvalue weighted by Gasteiger charge is 2.59. The Hall–Kier alpha value is -3.61. The van der Waals surface area contributed by atoms with Gasteiger partial charge in [-0.3, -0.25) is 14.6 Å². The van der Waals surface area contributed by atoms with Crippen LogP contribution in [0.4, 0.5) is 10.1 Å². The maximum atomic E-state index is 14.3. The molecule has 29 heavy (non-hydrogen) atoms. The minimum Gasteiger partial charge on any atom is -0.329 e. The van der Waals surface area contributed by atoms with Crippen LogP contribution in [0.2, 0.25) is 0 Å². The van der Waals surface area contributed by atoms with Crippen molar-refractivity contribution >= 4 is 17.5 Å². The first kappa shape index (κ1) is 17.5. The molecular formula is C22H17FN4O2. The number of carbonyl (C=O) groups excluding carboxylic acids is 2. The molecular weight excluding hydrogens is 371 g/mol. The van der Waals surface area contributed by atoms with Crippen LogP contribution >= 0.6 is 0 Å². The number of aromatic nitrogens is 2. The zero-order chi connectivity index (χ0) is 20.0. The molecule has 0 aliphatic carbocycles. The van der Waals surface area contributed by atoms with Gasteiger partial charge in [0.15, 0.2) is 11.5 Å². The molecule has 7 heteroatoms. The van der Waals surface area contributed by atoms with Crippen LogP contribution in [-0.4, -0.2) is 33.2 Å². The second kappa shape index (κ2) is 6.48. The van der Waals surface area contributed by atoms with Crippen molar-refractivity contribution in [1.82, 2.24) is 14.9 Å². The minimum atomic E-state index is -0.958. The summed E-state index contributed by atoms with van der Waals surface area (Å²) in [5.41, 5.74) is 1.10. The zero-order valence-electron chi connectivity index (χ0n) is 15.4. The van der Waals surface area contributed by atoms with Crippen LogP contribution in [0, 0.1) is 5.82 Å². The second-order valence-corrected chi connectivity index (χ2v) is 7.24. The molecule has 2 aliphatic rings. The third kappa shape index (κ3) is 2.47. The highest BCUT2D eigenvalue weighted by Crippen LogP contribution is 2.54. The second-order valence-electron chi connectivity index (χ2n) is 7.24. The van der Waals surface area contributed by atoms with E-state index in [0.717, 1.165) is 16.8 Å². The van der Waals surface area contributed by atoms with Gasteiger partial charge in [0.25, 0.3) is 5.91 Å². The summed E-state index contributed by atoms with van der Waals surface area (Å²) in [6.45, 7) is 0.302. The Morgan fingerprint density at radius 2 is 1.97 bits per heavy atom. The Morgan fingerprint density at radius 1 is 1.14 bits per heavy atom. The number of anilines is 1. The molecule has 1 spiro atoms. The average Bonchev–Trinajstić information content (AvgIpc) is 3.28. The number of likely N-dealkylation sites (tertiary alicyclic amines) is 1. The molecule has 6 nitrogen and oxygen atoms in total. The van der Waals surface area contributed by atoms with Gasteiger partial charge in [-0.2, -0.15) is 0 Å². The lowest BCUT2D eigenvalue weighted by Crippen LogP contribution is -2.43. The number of nitrogens with zero attached hydrogens (tertiary/aromatic N) is 3. The summed E-state index contributed by atoms with van der Waals surface area (Å²) in [6.07, 6.45) is 5.10. The van der Waals surface area contributed by atoms with E-state index in [4.69, 9.17) is 0 Å². The normalized spacial score (nSPS) is 22.6. The quantitative estimate of drug-likeness (QED) is 0.732. The Labute approximate surface area is 166 Å². The maximum absolute atomic E-state index is 14.3. The molecule has 4 heterocycles. The summed E-state index contributed by atoms with van der Waals surface area (Å²) in [5.74, 6) is -1.38. The van der Waals surface area contributed by atoms with E-state index in [9.17, 15) is 14.0 Å². The van der Waals surface area contributed by atoms with E-state index in [2.05, 4.69) is 15.3 Å². The lowest BCUT2D eigenvalue weighted by atomic mass is 9.73. The van der Waals surface area contributed by atoms with Crippen molar-refractivity contribution in [3.63, 3.8) is 0 Å². The smallest absolute Gasteiger partial charge is 0.276 e. The first-order valence-electron chi connectivity index (χ1n) is 9.35. The van der Waals surface area contributed by atoms with Crippen LogP contribution in [-0.2, 0) is 10.2 Å². The molecule has 5 rings (SSSR count). The summed E-state index contributed by atoms with van der Waals surface area (Å²) in [6, 6.07) is 13.1. The molecule has 144 valence electrons. The van der Waals surface area contributed by atoms with E-state index in [1.807, 2.05) is 30.3 Å². The van der Waals surface area contributed by atoms with Crippen LogP contribution in [0.25, 0.3) is 0 Å². The van der Waals surface area contributed by atoms with E-state index >= 15 is 0 Å². The molecule has 3 aromatic rings. The number of rotatable bonds is 2. The molecule has 0 saturated carbocycles. The summed E-state index contributed by atoms with van der Waals surface area (Å²) >= 11 is 0. The fourth-order valence-corrected chi connectivity index (χ4v) is 4.59. The predicted octanol–water partition coefficient (Wildman–Crippen LogP) is 3.09. The molecule has 1 N–H and O–H groups in total.